The molecule has 7 heteroatoms. The molecule has 0 radical (unpaired) electrons. The average Bonchev–Trinajstić information content (AvgIpc) is 3.11. The van der Waals surface area contributed by atoms with Gasteiger partial charge >= 0.3 is 0 Å². The number of hydrogen-bond acceptors (Lipinski definition) is 6. The van der Waals surface area contributed by atoms with Gasteiger partial charge < -0.3 is 10.6 Å². The van der Waals surface area contributed by atoms with Gasteiger partial charge in [-0.25, -0.2) is 0 Å². The number of para-hydroxylation sites is 1. The summed E-state index contributed by atoms with van der Waals surface area (Å²) in [7, 11) is 0. The molecule has 0 atom stereocenters. The van der Waals surface area contributed by atoms with E-state index in [1.54, 1.807) is 0 Å². The molecule has 0 fully saturated rings. The van der Waals surface area contributed by atoms with Gasteiger partial charge in [-0.3, -0.25) is 4.79 Å². The number of nitrogens with one attached hydrogen (secondary N) is 2. The van der Waals surface area contributed by atoms with Crippen LogP contribution in [0.2, 0.25) is 0 Å². The number of nitrogens with zero attached hydrogens (tertiary/aromatic N) is 2. The van der Waals surface area contributed by atoms with Crippen LogP contribution >= 0.6 is 23.1 Å². The quantitative estimate of drug-likeness (QED) is 0.478. The summed E-state index contributed by atoms with van der Waals surface area (Å²) < 4.78 is 0.761. The van der Waals surface area contributed by atoms with Crippen molar-refractivity contribution in [2.24, 2.45) is 0 Å². The molecule has 1 heterocycles. The van der Waals surface area contributed by atoms with Gasteiger partial charge in [-0.2, -0.15) is 0 Å². The molecule has 0 aliphatic heterocycles. The van der Waals surface area contributed by atoms with Crippen molar-refractivity contribution in [1.82, 2.24) is 10.2 Å². The molecule has 3 rings (SSSR count). The highest BCUT2D eigenvalue weighted by Crippen LogP contribution is 2.31. The Bertz CT molecular complexity index is 1010. The number of aromatic nitrogens is 2. The summed E-state index contributed by atoms with van der Waals surface area (Å²) in [5.74, 6) is 0.238. The van der Waals surface area contributed by atoms with Crippen LogP contribution in [0.3, 0.4) is 0 Å². The zero-order valence-electron chi connectivity index (χ0n) is 17.4. The van der Waals surface area contributed by atoms with E-state index in [9.17, 15) is 4.79 Å². The van der Waals surface area contributed by atoms with Gasteiger partial charge in [0.15, 0.2) is 4.34 Å². The Morgan fingerprint density at radius 2 is 1.76 bits per heavy atom. The van der Waals surface area contributed by atoms with Crippen LogP contribution in [0.15, 0.2) is 46.8 Å². The van der Waals surface area contributed by atoms with E-state index < -0.39 is 0 Å². The van der Waals surface area contributed by atoms with Crippen LogP contribution in [0.4, 0.5) is 16.5 Å². The summed E-state index contributed by atoms with van der Waals surface area (Å²) in [6, 6.07) is 14.1. The van der Waals surface area contributed by atoms with E-state index in [1.165, 1.54) is 34.2 Å². The molecule has 29 heavy (non-hydrogen) atoms. The molecule has 0 saturated heterocycles. The lowest BCUT2D eigenvalue weighted by Crippen LogP contribution is -2.19. The highest BCUT2D eigenvalue weighted by Gasteiger charge is 2.18. The predicted molar refractivity (Wildman–Crippen MR) is 124 cm³/mol. The average molecular weight is 427 g/mol. The van der Waals surface area contributed by atoms with Crippen LogP contribution in [-0.4, -0.2) is 21.9 Å². The number of benzene rings is 2. The second-order valence-corrected chi connectivity index (χ2v) is 10.1. The molecule has 5 nitrogen and oxygen atoms in total. The number of hydrogen-bond donors (Lipinski definition) is 2. The van der Waals surface area contributed by atoms with E-state index in [4.69, 9.17) is 0 Å². The van der Waals surface area contributed by atoms with Gasteiger partial charge in [-0.05, 0) is 48.1 Å². The largest absolute Gasteiger partial charge is 0.330 e. The fraction of sp³-hybridized carbons (Fsp3) is 0.318. The molecular weight excluding hydrogens is 400 g/mol. The van der Waals surface area contributed by atoms with Crippen molar-refractivity contribution in [2.45, 2.75) is 44.4 Å². The van der Waals surface area contributed by atoms with Gasteiger partial charge in [0.25, 0.3) is 0 Å². The van der Waals surface area contributed by atoms with Crippen molar-refractivity contribution in [2.75, 3.05) is 16.4 Å². The molecule has 1 aromatic heterocycles. The van der Waals surface area contributed by atoms with Crippen molar-refractivity contribution < 1.29 is 4.79 Å². The maximum Gasteiger partial charge on any atom is 0.234 e. The molecule has 0 bridgehead atoms. The van der Waals surface area contributed by atoms with Crippen molar-refractivity contribution in [1.29, 1.82) is 0 Å². The molecule has 0 saturated carbocycles. The molecule has 0 spiro atoms. The first-order chi connectivity index (χ1) is 13.7. The number of anilines is 3. The lowest BCUT2D eigenvalue weighted by Gasteiger charge is -2.22. The Morgan fingerprint density at radius 3 is 2.52 bits per heavy atom. The molecule has 1 amide bonds. The first kappa shape index (κ1) is 21.3. The number of rotatable bonds is 6. The first-order valence-corrected chi connectivity index (χ1v) is 11.2. The lowest BCUT2D eigenvalue weighted by molar-refractivity contribution is -0.113. The fourth-order valence-electron chi connectivity index (χ4n) is 2.88. The van der Waals surface area contributed by atoms with Crippen LogP contribution in [-0.2, 0) is 10.2 Å². The number of carbonyl (C=O) groups excluding carboxylic acids is 1. The number of amides is 1. The molecule has 0 aliphatic carbocycles. The Labute approximate surface area is 180 Å². The minimum atomic E-state index is -0.0501. The fourth-order valence-corrected chi connectivity index (χ4v) is 4.44. The minimum absolute atomic E-state index is 0.0370. The highest BCUT2D eigenvalue weighted by molar-refractivity contribution is 8.01. The molecular formula is C22H26N4OS2. The van der Waals surface area contributed by atoms with Crippen LogP contribution in [0.25, 0.3) is 0 Å². The zero-order valence-corrected chi connectivity index (χ0v) is 19.0. The number of aryl methyl sites for hydroxylation is 1. The Kier molecular flexibility index (Phi) is 6.59. The van der Waals surface area contributed by atoms with Crippen LogP contribution in [0.5, 0.6) is 0 Å². The van der Waals surface area contributed by atoms with Gasteiger partial charge in [0.1, 0.15) is 0 Å². The van der Waals surface area contributed by atoms with E-state index in [0.717, 1.165) is 26.4 Å². The highest BCUT2D eigenvalue weighted by atomic mass is 32.2. The molecule has 2 N–H and O–H groups in total. The van der Waals surface area contributed by atoms with Gasteiger partial charge in [0, 0.05) is 11.4 Å². The summed E-state index contributed by atoms with van der Waals surface area (Å²) in [4.78, 5) is 12.5. The second kappa shape index (κ2) is 8.97. The monoisotopic (exact) mass is 426 g/mol. The van der Waals surface area contributed by atoms with Crippen LogP contribution in [0, 0.1) is 13.8 Å². The third kappa shape index (κ3) is 5.58. The maximum atomic E-state index is 12.5. The van der Waals surface area contributed by atoms with Gasteiger partial charge in [-0.1, -0.05) is 74.2 Å². The standard InChI is InChI=1S/C22H26N4OS2/c1-14-9-8-12-17(15(14)2)24-20-25-26-21(29-20)28-13-19(27)23-18-11-7-6-10-16(18)22(3,4)5/h6-12H,13H2,1-5H3,(H,23,27)(H,24,25). The topological polar surface area (TPSA) is 66.9 Å². The molecule has 0 aliphatic rings. The van der Waals surface area contributed by atoms with Crippen molar-refractivity contribution in [3.8, 4) is 0 Å². The second-order valence-electron chi connectivity index (χ2n) is 7.88. The smallest absolute Gasteiger partial charge is 0.234 e. The van der Waals surface area contributed by atoms with E-state index in [-0.39, 0.29) is 17.1 Å². The number of thioether (sulfide) groups is 1. The minimum Gasteiger partial charge on any atom is -0.330 e. The molecule has 3 aromatic rings. The SMILES string of the molecule is Cc1cccc(Nc2nnc(SCC(=O)Nc3ccccc3C(C)(C)C)s2)c1C. The van der Waals surface area contributed by atoms with Crippen molar-refractivity contribution in [3.63, 3.8) is 0 Å². The van der Waals surface area contributed by atoms with Crippen molar-refractivity contribution in [3.05, 3.63) is 59.2 Å². The first-order valence-electron chi connectivity index (χ1n) is 9.43. The molecule has 2 aromatic carbocycles. The Morgan fingerprint density at radius 1 is 1.03 bits per heavy atom. The van der Waals surface area contributed by atoms with Gasteiger partial charge in [-0.15, -0.1) is 10.2 Å². The van der Waals surface area contributed by atoms with E-state index in [2.05, 4.69) is 67.6 Å². The summed E-state index contributed by atoms with van der Waals surface area (Å²) in [5.41, 5.74) is 5.38. The van der Waals surface area contributed by atoms with Crippen LogP contribution in [0.1, 0.15) is 37.5 Å². The molecule has 152 valence electrons. The van der Waals surface area contributed by atoms with Gasteiger partial charge in [0.2, 0.25) is 11.0 Å². The predicted octanol–water partition coefficient (Wildman–Crippen LogP) is 5.93. The van der Waals surface area contributed by atoms with Gasteiger partial charge in [0.05, 0.1) is 5.75 Å². The van der Waals surface area contributed by atoms with Crippen LogP contribution < -0.4 is 10.6 Å². The van der Waals surface area contributed by atoms with E-state index in [1.807, 2.05) is 30.3 Å². The Hall–Kier alpha value is -2.38. The van der Waals surface area contributed by atoms with E-state index in [0.29, 0.717) is 0 Å². The summed E-state index contributed by atoms with van der Waals surface area (Å²) in [6.45, 7) is 10.6. The third-order valence-corrected chi connectivity index (χ3v) is 6.56. The lowest BCUT2D eigenvalue weighted by atomic mass is 9.86. The zero-order chi connectivity index (χ0) is 21.0. The molecule has 0 unspecified atom stereocenters. The third-order valence-electron chi connectivity index (χ3n) is 4.59. The summed E-state index contributed by atoms with van der Waals surface area (Å²) >= 11 is 2.84. The van der Waals surface area contributed by atoms with E-state index >= 15 is 0 Å². The maximum absolute atomic E-state index is 12.5. The number of carbonyl (C=O) groups is 1. The Balaban J connectivity index is 1.59. The summed E-state index contributed by atoms with van der Waals surface area (Å²) in [6.07, 6.45) is 0. The van der Waals surface area contributed by atoms with Crippen molar-refractivity contribution >= 4 is 45.5 Å². The normalized spacial score (nSPS) is 11.3. The summed E-state index contributed by atoms with van der Waals surface area (Å²) in [5, 5.41) is 15.5.